The van der Waals surface area contributed by atoms with Crippen molar-refractivity contribution in [1.82, 2.24) is 9.55 Å². The molecule has 126 valence electrons. The fraction of sp³-hybridized carbons (Fsp3) is 0.278. The number of nitriles is 1. The van der Waals surface area contributed by atoms with Crippen LogP contribution in [0.3, 0.4) is 0 Å². The molecular weight excluding hydrogens is 344 g/mol. The summed E-state index contributed by atoms with van der Waals surface area (Å²) < 4.78 is 28.5. The number of hydrogen-bond acceptors (Lipinski definition) is 4. The summed E-state index contributed by atoms with van der Waals surface area (Å²) in [5.74, 6) is -3.41. The smallest absolute Gasteiger partial charge is 0.298 e. The Morgan fingerprint density at radius 1 is 1.40 bits per heavy atom. The highest BCUT2D eigenvalue weighted by Crippen LogP contribution is 2.49. The van der Waals surface area contributed by atoms with Crippen molar-refractivity contribution in [3.63, 3.8) is 0 Å². The molecule has 1 fully saturated rings. The van der Waals surface area contributed by atoms with Crippen LogP contribution >= 0.6 is 11.3 Å². The Balaban J connectivity index is 1.79. The van der Waals surface area contributed by atoms with E-state index in [1.54, 1.807) is 30.3 Å². The number of aryl methyl sites for hydroxylation is 1. The maximum absolute atomic E-state index is 13.2. The predicted molar refractivity (Wildman–Crippen MR) is 91.8 cm³/mol. The maximum Gasteiger partial charge on any atom is 0.308 e. The molecule has 0 spiro atoms. The highest BCUT2D eigenvalue weighted by molar-refractivity contribution is 7.16. The van der Waals surface area contributed by atoms with E-state index in [1.807, 2.05) is 6.92 Å². The molecule has 3 aromatic rings. The van der Waals surface area contributed by atoms with Crippen LogP contribution in [0.2, 0.25) is 0 Å². The number of halogens is 2. The third-order valence-electron chi connectivity index (χ3n) is 4.46. The van der Waals surface area contributed by atoms with Gasteiger partial charge in [0.1, 0.15) is 6.07 Å². The zero-order valence-corrected chi connectivity index (χ0v) is 14.1. The Kier molecular flexibility index (Phi) is 3.48. The zero-order valence-electron chi connectivity index (χ0n) is 13.3. The van der Waals surface area contributed by atoms with Crippen molar-refractivity contribution >= 4 is 21.6 Å². The van der Waals surface area contributed by atoms with E-state index in [1.165, 1.54) is 4.57 Å². The molecule has 0 aliphatic heterocycles. The van der Waals surface area contributed by atoms with Gasteiger partial charge in [-0.25, -0.2) is 8.78 Å². The second kappa shape index (κ2) is 5.46. The molecule has 0 amide bonds. The van der Waals surface area contributed by atoms with Gasteiger partial charge in [0.25, 0.3) is 5.92 Å². The average molecular weight is 357 g/mol. The molecule has 4 rings (SSSR count). The lowest BCUT2D eigenvalue weighted by Crippen LogP contribution is -2.15. The van der Waals surface area contributed by atoms with Crippen molar-refractivity contribution in [2.75, 3.05) is 0 Å². The van der Waals surface area contributed by atoms with E-state index in [0.717, 1.165) is 22.6 Å². The summed E-state index contributed by atoms with van der Waals surface area (Å²) >= 11 is 1.03. The largest absolute Gasteiger partial charge is 0.308 e. The molecule has 2 heterocycles. The summed E-state index contributed by atoms with van der Waals surface area (Å²) in [7, 11) is 0. The van der Waals surface area contributed by atoms with E-state index in [-0.39, 0.29) is 17.8 Å². The van der Waals surface area contributed by atoms with Gasteiger partial charge in [0, 0.05) is 30.1 Å². The number of rotatable bonds is 3. The van der Waals surface area contributed by atoms with Gasteiger partial charge in [-0.2, -0.15) is 5.26 Å². The zero-order chi connectivity index (χ0) is 17.8. The summed E-state index contributed by atoms with van der Waals surface area (Å²) in [6.07, 6.45) is -0.159. The molecule has 7 heteroatoms. The molecule has 4 nitrogen and oxygen atoms in total. The second-order valence-electron chi connectivity index (χ2n) is 6.28. The van der Waals surface area contributed by atoms with Crippen molar-refractivity contribution in [3.05, 3.63) is 51.3 Å². The first kappa shape index (κ1) is 15.9. The number of pyridine rings is 1. The van der Waals surface area contributed by atoms with Gasteiger partial charge in [-0.3, -0.25) is 14.3 Å². The molecule has 1 aliphatic carbocycles. The fourth-order valence-electron chi connectivity index (χ4n) is 2.94. The third kappa shape index (κ3) is 2.72. The molecule has 25 heavy (non-hydrogen) atoms. The van der Waals surface area contributed by atoms with Gasteiger partial charge in [-0.1, -0.05) is 17.4 Å². The normalized spacial score (nSPS) is 18.2. The molecule has 2 aromatic heterocycles. The molecule has 1 aliphatic rings. The SMILES string of the molecule is Cc1ccc(C#N)c(-c2ccc3c(c2)sc(=O)n3CC2CC2(F)F)n1. The van der Waals surface area contributed by atoms with Crippen LogP contribution in [-0.4, -0.2) is 15.5 Å². The highest BCUT2D eigenvalue weighted by atomic mass is 32.1. The fourth-order valence-corrected chi connectivity index (χ4v) is 3.88. The first-order chi connectivity index (χ1) is 11.9. The van der Waals surface area contributed by atoms with E-state index in [2.05, 4.69) is 11.1 Å². The average Bonchev–Trinajstić information content (AvgIpc) is 3.06. The van der Waals surface area contributed by atoms with Gasteiger partial charge in [0.2, 0.25) is 0 Å². The van der Waals surface area contributed by atoms with Gasteiger partial charge < -0.3 is 0 Å². The number of alkyl halides is 2. The summed E-state index contributed by atoms with van der Waals surface area (Å²) in [6, 6.07) is 10.9. The Morgan fingerprint density at radius 3 is 2.84 bits per heavy atom. The van der Waals surface area contributed by atoms with Crippen molar-refractivity contribution in [3.8, 4) is 17.3 Å². The van der Waals surface area contributed by atoms with Gasteiger partial charge in [-0.05, 0) is 31.2 Å². The number of aromatic nitrogens is 2. The van der Waals surface area contributed by atoms with Crippen LogP contribution in [0.5, 0.6) is 0 Å². The standard InChI is InChI=1S/C18H13F2N3OS/c1-10-2-3-12(8-21)16(22-10)11-4-5-14-15(6-11)25-17(24)23(14)9-13-7-18(13,19)20/h2-6,13H,7,9H2,1H3. The monoisotopic (exact) mass is 357 g/mol. The Bertz CT molecular complexity index is 1090. The summed E-state index contributed by atoms with van der Waals surface area (Å²) in [5, 5.41) is 9.27. The van der Waals surface area contributed by atoms with Crippen LogP contribution in [0.15, 0.2) is 35.1 Å². The Labute approximate surface area is 146 Å². The Hall–Kier alpha value is -2.59. The van der Waals surface area contributed by atoms with E-state index in [0.29, 0.717) is 21.5 Å². The molecule has 1 aromatic carbocycles. The molecular formula is C18H13F2N3OS. The van der Waals surface area contributed by atoms with Crippen LogP contribution in [0.4, 0.5) is 8.78 Å². The van der Waals surface area contributed by atoms with Crippen molar-refractivity contribution < 1.29 is 8.78 Å². The molecule has 0 saturated heterocycles. The summed E-state index contributed by atoms with van der Waals surface area (Å²) in [6.45, 7) is 1.88. The van der Waals surface area contributed by atoms with Gasteiger partial charge in [0.05, 0.1) is 21.5 Å². The topological polar surface area (TPSA) is 58.7 Å². The van der Waals surface area contributed by atoms with Crippen LogP contribution in [0.25, 0.3) is 21.5 Å². The molecule has 1 unspecified atom stereocenters. The minimum Gasteiger partial charge on any atom is -0.298 e. The summed E-state index contributed by atoms with van der Waals surface area (Å²) in [4.78, 5) is 16.4. The maximum atomic E-state index is 13.2. The van der Waals surface area contributed by atoms with E-state index < -0.39 is 11.8 Å². The van der Waals surface area contributed by atoms with Crippen LogP contribution in [0, 0.1) is 24.2 Å². The van der Waals surface area contributed by atoms with Gasteiger partial charge in [0.15, 0.2) is 0 Å². The molecule has 0 N–H and O–H groups in total. The first-order valence-electron chi connectivity index (χ1n) is 7.78. The number of fused-ring (bicyclic) bond motifs is 1. The van der Waals surface area contributed by atoms with Crippen molar-refractivity contribution in [2.24, 2.45) is 5.92 Å². The number of thiazole rings is 1. The molecule has 0 bridgehead atoms. The molecule has 1 saturated carbocycles. The van der Waals surface area contributed by atoms with Gasteiger partial charge >= 0.3 is 4.87 Å². The minimum absolute atomic E-state index is 0.0390. The first-order valence-corrected chi connectivity index (χ1v) is 8.60. The highest BCUT2D eigenvalue weighted by Gasteiger charge is 2.56. The quantitative estimate of drug-likeness (QED) is 0.713. The second-order valence-corrected chi connectivity index (χ2v) is 7.28. The van der Waals surface area contributed by atoms with Gasteiger partial charge in [-0.15, -0.1) is 0 Å². The predicted octanol–water partition coefficient (Wildman–Crippen LogP) is 3.96. The number of nitrogens with zero attached hydrogens (tertiary/aromatic N) is 3. The lowest BCUT2D eigenvalue weighted by molar-refractivity contribution is 0.0953. The van der Waals surface area contributed by atoms with E-state index >= 15 is 0 Å². The molecule has 1 atom stereocenters. The lowest BCUT2D eigenvalue weighted by Gasteiger charge is -2.06. The number of hydrogen-bond donors (Lipinski definition) is 0. The van der Waals surface area contributed by atoms with Crippen molar-refractivity contribution in [2.45, 2.75) is 25.8 Å². The van der Waals surface area contributed by atoms with Crippen molar-refractivity contribution in [1.29, 1.82) is 5.26 Å². The number of benzene rings is 1. The third-order valence-corrected chi connectivity index (χ3v) is 5.40. The minimum atomic E-state index is -2.65. The lowest BCUT2D eigenvalue weighted by atomic mass is 10.1. The van der Waals surface area contributed by atoms with E-state index in [9.17, 15) is 18.8 Å². The van der Waals surface area contributed by atoms with Crippen LogP contribution < -0.4 is 4.87 Å². The Morgan fingerprint density at radius 2 is 2.16 bits per heavy atom. The van der Waals surface area contributed by atoms with E-state index in [4.69, 9.17) is 0 Å². The summed E-state index contributed by atoms with van der Waals surface area (Å²) in [5.41, 5.74) is 3.18. The van der Waals surface area contributed by atoms with Crippen LogP contribution in [-0.2, 0) is 6.54 Å². The molecule has 0 radical (unpaired) electrons. The van der Waals surface area contributed by atoms with Crippen LogP contribution in [0.1, 0.15) is 17.7 Å².